The molecule has 10 heteroatoms. The number of hydrogen-bond donors (Lipinski definition) is 2. The predicted octanol–water partition coefficient (Wildman–Crippen LogP) is 3.53. The molecule has 2 amide bonds. The number of halogens is 1. The van der Waals surface area contributed by atoms with E-state index in [1.807, 2.05) is 30.3 Å². The lowest BCUT2D eigenvalue weighted by Crippen LogP contribution is -2.34. The Kier molecular flexibility index (Phi) is 7.41. The van der Waals surface area contributed by atoms with Gasteiger partial charge < -0.3 is 20.7 Å². The molecular formula is C22H19ClN4O4S. The number of nitrogens with two attached hydrogens (primary N) is 1. The Labute approximate surface area is 194 Å². The molecule has 0 aromatic heterocycles. The zero-order chi connectivity index (χ0) is 23.3. The number of thioether (sulfide) groups is 1. The third-order valence-electron chi connectivity index (χ3n) is 4.67. The molecule has 32 heavy (non-hydrogen) atoms. The van der Waals surface area contributed by atoms with Gasteiger partial charge in [-0.2, -0.15) is 5.26 Å². The number of nitriles is 1. The molecule has 0 fully saturated rings. The van der Waals surface area contributed by atoms with Gasteiger partial charge in [-0.15, -0.1) is 0 Å². The van der Waals surface area contributed by atoms with Gasteiger partial charge in [0.1, 0.15) is 16.7 Å². The molecule has 2 aromatic carbocycles. The first-order valence-electron chi connectivity index (χ1n) is 9.45. The normalized spacial score (nSPS) is 14.7. The molecule has 1 heterocycles. The average Bonchev–Trinajstić information content (AvgIpc) is 3.09. The molecule has 3 N–H and O–H groups in total. The molecule has 164 valence electrons. The van der Waals surface area contributed by atoms with Crippen LogP contribution < -0.4 is 16.0 Å². The number of fused-ring (bicyclic) bond motifs is 1. The van der Waals surface area contributed by atoms with E-state index in [0.717, 1.165) is 10.6 Å². The molecule has 0 aliphatic carbocycles. The molecular weight excluding hydrogens is 452 g/mol. The molecule has 1 aliphatic rings. The molecule has 1 unspecified atom stereocenters. The highest BCUT2D eigenvalue weighted by Crippen LogP contribution is 2.46. The summed E-state index contributed by atoms with van der Waals surface area (Å²) in [6.07, 6.45) is -0.254. The number of anilines is 1. The van der Waals surface area contributed by atoms with Crippen LogP contribution in [0.2, 0.25) is 5.02 Å². The molecule has 1 atom stereocenters. The van der Waals surface area contributed by atoms with Crippen LogP contribution in [0.25, 0.3) is 0 Å². The Morgan fingerprint density at radius 2 is 1.91 bits per heavy atom. The zero-order valence-electron chi connectivity index (χ0n) is 17.0. The number of amides is 2. The highest BCUT2D eigenvalue weighted by atomic mass is 35.5. The number of ketones is 1. The molecule has 0 spiro atoms. The summed E-state index contributed by atoms with van der Waals surface area (Å²) in [7, 11) is 1.76. The highest BCUT2D eigenvalue weighted by Gasteiger charge is 2.28. The smallest absolute Gasteiger partial charge is 0.312 e. The molecule has 0 saturated heterocycles. The third kappa shape index (κ3) is 5.41. The van der Waals surface area contributed by atoms with E-state index in [2.05, 4.69) is 5.32 Å². The minimum atomic E-state index is -0.814. The molecule has 8 nitrogen and oxygen atoms in total. The number of ether oxygens (including phenoxy) is 1. The first-order valence-corrected chi connectivity index (χ1v) is 10.6. The van der Waals surface area contributed by atoms with Crippen molar-refractivity contribution in [3.63, 3.8) is 0 Å². The summed E-state index contributed by atoms with van der Waals surface area (Å²) in [6.45, 7) is -0.597. The van der Waals surface area contributed by atoms with Crippen molar-refractivity contribution in [2.24, 2.45) is 5.73 Å². The van der Waals surface area contributed by atoms with Gasteiger partial charge in [0.25, 0.3) is 0 Å². The average molecular weight is 471 g/mol. The summed E-state index contributed by atoms with van der Waals surface area (Å²) in [5.74, 6) is -1.35. The largest absolute Gasteiger partial charge is 0.457 e. The summed E-state index contributed by atoms with van der Waals surface area (Å²) in [5, 5.41) is 13.0. The molecule has 0 radical (unpaired) electrons. The van der Waals surface area contributed by atoms with Gasteiger partial charge in [0.05, 0.1) is 18.2 Å². The van der Waals surface area contributed by atoms with E-state index < -0.39 is 30.4 Å². The number of carbonyl (C=O) groups excluding carboxylic acids is 3. The van der Waals surface area contributed by atoms with Crippen LogP contribution in [0.15, 0.2) is 64.0 Å². The SMILES string of the molecule is CN1/C(=C(\C#N)C(=O)COC(=O)CC(NC(N)=O)c2ccc(Cl)cc2)Sc2ccccc21. The maximum absolute atomic E-state index is 12.6. The van der Waals surface area contributed by atoms with Gasteiger partial charge in [-0.05, 0) is 29.8 Å². The molecule has 2 aromatic rings. The molecule has 0 saturated carbocycles. The first-order chi connectivity index (χ1) is 15.3. The second-order valence-corrected chi connectivity index (χ2v) is 8.29. The van der Waals surface area contributed by atoms with Gasteiger partial charge in [-0.1, -0.05) is 47.6 Å². The minimum absolute atomic E-state index is 0.0917. The van der Waals surface area contributed by atoms with Crippen LogP contribution in [0.3, 0.4) is 0 Å². The van der Waals surface area contributed by atoms with Gasteiger partial charge in [-0.3, -0.25) is 9.59 Å². The van der Waals surface area contributed by atoms with Gasteiger partial charge in [-0.25, -0.2) is 4.79 Å². The van der Waals surface area contributed by atoms with Crippen LogP contribution in [0.5, 0.6) is 0 Å². The number of urea groups is 1. The van der Waals surface area contributed by atoms with Crippen molar-refractivity contribution in [2.75, 3.05) is 18.6 Å². The van der Waals surface area contributed by atoms with Crippen LogP contribution in [0, 0.1) is 11.3 Å². The topological polar surface area (TPSA) is 126 Å². The highest BCUT2D eigenvalue weighted by molar-refractivity contribution is 8.03. The number of benzene rings is 2. The van der Waals surface area contributed by atoms with E-state index in [4.69, 9.17) is 22.1 Å². The van der Waals surface area contributed by atoms with Crippen molar-refractivity contribution in [1.82, 2.24) is 5.32 Å². The van der Waals surface area contributed by atoms with Crippen LogP contribution in [-0.4, -0.2) is 31.4 Å². The summed E-state index contributed by atoms with van der Waals surface area (Å²) in [4.78, 5) is 39.0. The van der Waals surface area contributed by atoms with E-state index in [0.29, 0.717) is 15.6 Å². The summed E-state index contributed by atoms with van der Waals surface area (Å²) < 4.78 is 5.10. The number of rotatable bonds is 7. The van der Waals surface area contributed by atoms with Crippen molar-refractivity contribution in [1.29, 1.82) is 5.26 Å². The summed E-state index contributed by atoms with van der Waals surface area (Å²) in [5.41, 5.74) is 6.59. The fourth-order valence-electron chi connectivity index (χ4n) is 3.11. The van der Waals surface area contributed by atoms with Crippen molar-refractivity contribution in [3.05, 3.63) is 69.7 Å². The zero-order valence-corrected chi connectivity index (χ0v) is 18.6. The van der Waals surface area contributed by atoms with Crippen LogP contribution >= 0.6 is 23.4 Å². The predicted molar refractivity (Wildman–Crippen MR) is 121 cm³/mol. The second kappa shape index (κ2) is 10.2. The maximum Gasteiger partial charge on any atom is 0.312 e. The molecule has 0 bridgehead atoms. The lowest BCUT2D eigenvalue weighted by atomic mass is 10.0. The third-order valence-corrected chi connectivity index (χ3v) is 6.15. The van der Waals surface area contributed by atoms with E-state index in [-0.39, 0.29) is 12.0 Å². The number of hydrogen-bond acceptors (Lipinski definition) is 7. The van der Waals surface area contributed by atoms with Crippen LogP contribution in [0.4, 0.5) is 10.5 Å². The molecule has 1 aliphatic heterocycles. The number of nitrogens with zero attached hydrogens (tertiary/aromatic N) is 2. The standard InChI is InChI=1S/C22H19ClN4O4S/c1-27-17-4-2-3-5-19(17)32-21(27)15(11-24)18(28)12-31-20(29)10-16(26-22(25)30)13-6-8-14(23)9-7-13/h2-9,16H,10,12H2,1H3,(H3,25,26,30)/b21-15-. The number of primary amides is 1. The Morgan fingerprint density at radius 1 is 1.22 bits per heavy atom. The van der Waals surface area contributed by atoms with E-state index >= 15 is 0 Å². The van der Waals surface area contributed by atoms with Gasteiger partial charge >= 0.3 is 12.0 Å². The van der Waals surface area contributed by atoms with Crippen LogP contribution in [0.1, 0.15) is 18.0 Å². The van der Waals surface area contributed by atoms with Crippen molar-refractivity contribution in [2.45, 2.75) is 17.4 Å². The molecule has 3 rings (SSSR count). The number of esters is 1. The number of para-hydroxylation sites is 1. The Bertz CT molecular complexity index is 1130. The fraction of sp³-hybridized carbons (Fsp3) is 0.182. The lowest BCUT2D eigenvalue weighted by molar-refractivity contribution is -0.147. The maximum atomic E-state index is 12.6. The van der Waals surface area contributed by atoms with Crippen LogP contribution in [-0.2, 0) is 14.3 Å². The Hall–Kier alpha value is -3.48. The monoisotopic (exact) mass is 470 g/mol. The Balaban J connectivity index is 1.66. The van der Waals surface area contributed by atoms with E-state index in [1.165, 1.54) is 11.8 Å². The quantitative estimate of drug-likeness (QED) is 0.360. The summed E-state index contributed by atoms with van der Waals surface area (Å²) >= 11 is 7.18. The number of carbonyl (C=O) groups is 3. The van der Waals surface area contributed by atoms with Gasteiger partial charge in [0.2, 0.25) is 5.78 Å². The lowest BCUT2D eigenvalue weighted by Gasteiger charge is -2.17. The first kappa shape index (κ1) is 23.2. The van der Waals surface area contributed by atoms with E-state index in [1.54, 1.807) is 36.2 Å². The van der Waals surface area contributed by atoms with Crippen molar-refractivity contribution >= 4 is 46.8 Å². The minimum Gasteiger partial charge on any atom is -0.457 e. The van der Waals surface area contributed by atoms with Gasteiger partial charge in [0.15, 0.2) is 6.61 Å². The second-order valence-electron chi connectivity index (χ2n) is 6.82. The van der Waals surface area contributed by atoms with Crippen molar-refractivity contribution in [3.8, 4) is 6.07 Å². The van der Waals surface area contributed by atoms with Gasteiger partial charge in [0, 0.05) is 17.0 Å². The number of Topliss-reactive ketones (excluding diaryl/α,β-unsaturated/α-hetero) is 1. The fourth-order valence-corrected chi connectivity index (χ4v) is 4.40. The Morgan fingerprint density at radius 3 is 2.53 bits per heavy atom. The number of nitrogens with one attached hydrogen (secondary N) is 1. The van der Waals surface area contributed by atoms with Crippen molar-refractivity contribution < 1.29 is 19.1 Å². The summed E-state index contributed by atoms with van der Waals surface area (Å²) in [6, 6.07) is 14.4. The van der Waals surface area contributed by atoms with E-state index in [9.17, 15) is 19.6 Å².